The summed E-state index contributed by atoms with van der Waals surface area (Å²) in [6.07, 6.45) is 3.24. The van der Waals surface area contributed by atoms with Gasteiger partial charge in [0.15, 0.2) is 0 Å². The van der Waals surface area contributed by atoms with Gasteiger partial charge in [0.1, 0.15) is 6.04 Å². The predicted molar refractivity (Wildman–Crippen MR) is 74.6 cm³/mol. The van der Waals surface area contributed by atoms with Crippen molar-refractivity contribution in [3.05, 3.63) is 0 Å². The predicted octanol–water partition coefficient (Wildman–Crippen LogP) is 1.01. The summed E-state index contributed by atoms with van der Waals surface area (Å²) < 4.78 is 5.48. The number of aliphatic carboxylic acids is 1. The lowest BCUT2D eigenvalue weighted by Gasteiger charge is -2.33. The number of thioether (sulfide) groups is 1. The highest BCUT2D eigenvalue weighted by Crippen LogP contribution is 2.09. The fourth-order valence-corrected chi connectivity index (χ4v) is 2.36. The molecule has 0 aliphatic carbocycles. The molecule has 6 nitrogen and oxygen atoms in total. The van der Waals surface area contributed by atoms with E-state index < -0.39 is 12.0 Å². The number of morpholine rings is 1. The molecule has 0 radical (unpaired) electrons. The maximum atomic E-state index is 12.0. The molecule has 0 aromatic heterocycles. The normalized spacial score (nSPS) is 20.9. The van der Waals surface area contributed by atoms with Gasteiger partial charge in [-0.3, -0.25) is 0 Å². The summed E-state index contributed by atoms with van der Waals surface area (Å²) in [5, 5.41) is 11.7. The Hall–Kier alpha value is -0.950. The largest absolute Gasteiger partial charge is 0.480 e. The third-order valence-corrected chi connectivity index (χ3v) is 3.73. The molecular formula is C12H22N2O4S. The Kier molecular flexibility index (Phi) is 7.01. The Bertz CT molecular complexity index is 314. The number of hydrogen-bond donors (Lipinski definition) is 2. The molecule has 7 heteroatoms. The van der Waals surface area contributed by atoms with Crippen LogP contribution >= 0.6 is 11.8 Å². The second kappa shape index (κ2) is 8.27. The van der Waals surface area contributed by atoms with Gasteiger partial charge in [0.2, 0.25) is 0 Å². The van der Waals surface area contributed by atoms with Crippen LogP contribution in [0.5, 0.6) is 0 Å². The molecule has 1 aliphatic heterocycles. The minimum atomic E-state index is -0.984. The number of carbonyl (C=O) groups is 2. The summed E-state index contributed by atoms with van der Waals surface area (Å²) in [5.41, 5.74) is 0. The number of nitrogens with one attached hydrogen (secondary N) is 1. The molecule has 0 saturated carbocycles. The zero-order chi connectivity index (χ0) is 14.3. The van der Waals surface area contributed by atoms with Crippen LogP contribution in [0.15, 0.2) is 0 Å². The molecule has 2 N–H and O–H groups in total. The van der Waals surface area contributed by atoms with E-state index >= 15 is 0 Å². The summed E-state index contributed by atoms with van der Waals surface area (Å²) in [6, 6.07) is -1.13. The number of carboxylic acid groups (broad SMARTS) is 1. The average Bonchev–Trinajstić information content (AvgIpc) is 2.42. The van der Waals surface area contributed by atoms with Crippen LogP contribution in [0.4, 0.5) is 4.79 Å². The molecular weight excluding hydrogens is 268 g/mol. The molecule has 1 rings (SSSR count). The number of ether oxygens (including phenoxy) is 1. The molecule has 1 fully saturated rings. The van der Waals surface area contributed by atoms with Crippen molar-refractivity contribution in [2.75, 3.05) is 31.7 Å². The maximum absolute atomic E-state index is 12.0. The first-order valence-corrected chi connectivity index (χ1v) is 7.86. The fraction of sp³-hybridized carbons (Fsp3) is 0.833. The van der Waals surface area contributed by atoms with E-state index in [1.54, 1.807) is 16.7 Å². The highest BCUT2D eigenvalue weighted by atomic mass is 32.2. The molecule has 2 amide bonds. The van der Waals surface area contributed by atoms with Crippen molar-refractivity contribution in [1.29, 1.82) is 0 Å². The van der Waals surface area contributed by atoms with E-state index in [4.69, 9.17) is 9.84 Å². The van der Waals surface area contributed by atoms with Gasteiger partial charge < -0.3 is 20.1 Å². The van der Waals surface area contributed by atoms with Crippen LogP contribution in [0.2, 0.25) is 0 Å². The first kappa shape index (κ1) is 16.1. The lowest BCUT2D eigenvalue weighted by molar-refractivity contribution is -0.139. The van der Waals surface area contributed by atoms with E-state index in [1.165, 1.54) is 0 Å². The topological polar surface area (TPSA) is 78.9 Å². The third kappa shape index (κ3) is 5.28. The monoisotopic (exact) mass is 290 g/mol. The van der Waals surface area contributed by atoms with Gasteiger partial charge in [-0.05, 0) is 24.9 Å². The van der Waals surface area contributed by atoms with Crippen molar-refractivity contribution in [1.82, 2.24) is 10.2 Å². The molecule has 0 spiro atoms. The SMILES string of the molecule is CCC1CN(C(=O)N[C@H](CCSC)C(=O)O)CCO1. The van der Waals surface area contributed by atoms with E-state index in [9.17, 15) is 9.59 Å². The van der Waals surface area contributed by atoms with Crippen molar-refractivity contribution in [2.45, 2.75) is 31.9 Å². The van der Waals surface area contributed by atoms with Gasteiger partial charge >= 0.3 is 12.0 Å². The van der Waals surface area contributed by atoms with Gasteiger partial charge in [-0.1, -0.05) is 6.92 Å². The molecule has 1 saturated heterocycles. The van der Waals surface area contributed by atoms with Gasteiger partial charge in [0, 0.05) is 13.1 Å². The van der Waals surface area contributed by atoms with E-state index in [0.717, 1.165) is 6.42 Å². The molecule has 1 aliphatic rings. The first-order valence-electron chi connectivity index (χ1n) is 6.47. The quantitative estimate of drug-likeness (QED) is 0.763. The van der Waals surface area contributed by atoms with Crippen LogP contribution in [-0.2, 0) is 9.53 Å². The molecule has 19 heavy (non-hydrogen) atoms. The number of carboxylic acids is 1. The summed E-state index contributed by atoms with van der Waals surface area (Å²) in [4.78, 5) is 24.7. The smallest absolute Gasteiger partial charge is 0.326 e. The Labute approximate surface area is 117 Å². The minimum Gasteiger partial charge on any atom is -0.480 e. The summed E-state index contributed by atoms with van der Waals surface area (Å²) in [7, 11) is 0. The number of amides is 2. The van der Waals surface area contributed by atoms with Gasteiger partial charge in [0.25, 0.3) is 0 Å². The fourth-order valence-electron chi connectivity index (χ4n) is 1.88. The number of carbonyl (C=O) groups excluding carboxylic acids is 1. The number of urea groups is 1. The number of hydrogen-bond acceptors (Lipinski definition) is 4. The number of rotatable bonds is 6. The molecule has 1 heterocycles. The average molecular weight is 290 g/mol. The van der Waals surface area contributed by atoms with Crippen LogP contribution in [0, 0.1) is 0 Å². The Morgan fingerprint density at radius 3 is 2.89 bits per heavy atom. The van der Waals surface area contributed by atoms with Gasteiger partial charge in [0.05, 0.1) is 12.7 Å². The Morgan fingerprint density at radius 1 is 1.58 bits per heavy atom. The van der Waals surface area contributed by atoms with E-state index in [0.29, 0.717) is 31.9 Å². The second-order valence-corrected chi connectivity index (χ2v) is 5.45. The van der Waals surface area contributed by atoms with Crippen LogP contribution in [0.3, 0.4) is 0 Å². The van der Waals surface area contributed by atoms with E-state index in [2.05, 4.69) is 5.32 Å². The lowest BCUT2D eigenvalue weighted by atomic mass is 10.2. The van der Waals surface area contributed by atoms with Gasteiger partial charge in [-0.25, -0.2) is 9.59 Å². The standard InChI is InChI=1S/C12H22N2O4S/c1-3-9-8-14(5-6-18-9)12(17)13-10(11(15)16)4-7-19-2/h9-10H,3-8H2,1-2H3,(H,13,17)(H,15,16)/t9?,10-/m1/s1. The molecule has 2 atom stereocenters. The molecule has 0 aromatic carbocycles. The Balaban J connectivity index is 2.48. The van der Waals surface area contributed by atoms with Crippen molar-refractivity contribution >= 4 is 23.8 Å². The van der Waals surface area contributed by atoms with Crippen LogP contribution in [0.1, 0.15) is 19.8 Å². The highest BCUT2D eigenvalue weighted by Gasteiger charge is 2.26. The van der Waals surface area contributed by atoms with Crippen molar-refractivity contribution < 1.29 is 19.4 Å². The van der Waals surface area contributed by atoms with Crippen LogP contribution < -0.4 is 5.32 Å². The van der Waals surface area contributed by atoms with Crippen molar-refractivity contribution in [3.8, 4) is 0 Å². The van der Waals surface area contributed by atoms with E-state index in [-0.39, 0.29) is 12.1 Å². The van der Waals surface area contributed by atoms with Crippen LogP contribution in [0.25, 0.3) is 0 Å². The summed E-state index contributed by atoms with van der Waals surface area (Å²) >= 11 is 1.57. The summed E-state index contributed by atoms with van der Waals surface area (Å²) in [6.45, 7) is 3.55. The van der Waals surface area contributed by atoms with E-state index in [1.807, 2.05) is 13.2 Å². The second-order valence-electron chi connectivity index (χ2n) is 4.47. The zero-order valence-corrected chi connectivity index (χ0v) is 12.2. The minimum absolute atomic E-state index is 0.0500. The summed E-state index contributed by atoms with van der Waals surface area (Å²) in [5.74, 6) is -0.277. The molecule has 110 valence electrons. The van der Waals surface area contributed by atoms with Crippen molar-refractivity contribution in [3.63, 3.8) is 0 Å². The van der Waals surface area contributed by atoms with Crippen LogP contribution in [-0.4, -0.2) is 65.9 Å². The zero-order valence-electron chi connectivity index (χ0n) is 11.4. The Morgan fingerprint density at radius 2 is 2.32 bits per heavy atom. The molecule has 0 bridgehead atoms. The highest BCUT2D eigenvalue weighted by molar-refractivity contribution is 7.98. The molecule has 0 aromatic rings. The van der Waals surface area contributed by atoms with Gasteiger partial charge in [-0.15, -0.1) is 0 Å². The number of nitrogens with zero attached hydrogens (tertiary/aromatic N) is 1. The molecule has 1 unspecified atom stereocenters. The lowest BCUT2D eigenvalue weighted by Crippen LogP contribution is -2.53. The first-order chi connectivity index (χ1) is 9.08. The third-order valence-electron chi connectivity index (χ3n) is 3.09. The van der Waals surface area contributed by atoms with Gasteiger partial charge in [-0.2, -0.15) is 11.8 Å². The van der Waals surface area contributed by atoms with Crippen molar-refractivity contribution in [2.24, 2.45) is 0 Å². The maximum Gasteiger partial charge on any atom is 0.326 e.